The highest BCUT2D eigenvalue weighted by molar-refractivity contribution is 5.97. The molecule has 0 bridgehead atoms. The number of rotatable bonds is 8. The second-order valence-corrected chi connectivity index (χ2v) is 7.17. The van der Waals surface area contributed by atoms with Crippen molar-refractivity contribution >= 4 is 17.6 Å². The Labute approximate surface area is 157 Å². The molecule has 0 spiro atoms. The lowest BCUT2D eigenvalue weighted by molar-refractivity contribution is -0.121. The molecule has 6 heteroatoms. The first-order valence-corrected chi connectivity index (χ1v) is 9.50. The van der Waals surface area contributed by atoms with Gasteiger partial charge in [-0.2, -0.15) is 0 Å². The Balaban J connectivity index is 1.76. The third-order valence-corrected chi connectivity index (χ3v) is 4.44. The number of nitrogens with one attached hydrogen (secondary N) is 2. The van der Waals surface area contributed by atoms with E-state index in [0.29, 0.717) is 18.5 Å². The van der Waals surface area contributed by atoms with Crippen molar-refractivity contribution in [3.05, 3.63) is 24.3 Å². The van der Waals surface area contributed by atoms with E-state index >= 15 is 0 Å². The smallest absolute Gasteiger partial charge is 0.265 e. The largest absolute Gasteiger partial charge is 0.482 e. The summed E-state index contributed by atoms with van der Waals surface area (Å²) in [5, 5.41) is 6.76. The van der Waals surface area contributed by atoms with Gasteiger partial charge in [-0.05, 0) is 44.2 Å². The summed E-state index contributed by atoms with van der Waals surface area (Å²) in [6.07, 6.45) is 3.16. The second-order valence-electron chi connectivity index (χ2n) is 7.17. The van der Waals surface area contributed by atoms with E-state index in [9.17, 15) is 4.79 Å². The molecule has 1 aromatic rings. The predicted molar refractivity (Wildman–Crippen MR) is 107 cm³/mol. The van der Waals surface area contributed by atoms with Crippen LogP contribution >= 0.6 is 0 Å². The van der Waals surface area contributed by atoms with Crippen LogP contribution in [-0.4, -0.2) is 44.7 Å². The van der Waals surface area contributed by atoms with Gasteiger partial charge in [0.05, 0.1) is 5.69 Å². The lowest BCUT2D eigenvalue weighted by Crippen LogP contribution is -2.44. The average Bonchev–Trinajstić information content (AvgIpc) is 2.63. The van der Waals surface area contributed by atoms with Gasteiger partial charge in [-0.25, -0.2) is 0 Å². The van der Waals surface area contributed by atoms with Gasteiger partial charge >= 0.3 is 0 Å². The number of anilines is 1. The zero-order valence-electron chi connectivity index (χ0n) is 16.4. The zero-order chi connectivity index (χ0) is 18.9. The number of guanidine groups is 1. The van der Waals surface area contributed by atoms with E-state index < -0.39 is 0 Å². The quantitative estimate of drug-likeness (QED) is 0.425. The molecule has 1 atom stereocenters. The van der Waals surface area contributed by atoms with Gasteiger partial charge in [-0.1, -0.05) is 26.0 Å². The van der Waals surface area contributed by atoms with Crippen LogP contribution in [0, 0.1) is 5.92 Å². The van der Waals surface area contributed by atoms with Gasteiger partial charge in [-0.3, -0.25) is 9.79 Å². The Morgan fingerprint density at radius 2 is 2.04 bits per heavy atom. The van der Waals surface area contributed by atoms with Crippen LogP contribution in [0.25, 0.3) is 0 Å². The molecular formula is C20H32N4O2. The maximum Gasteiger partial charge on any atom is 0.265 e. The number of nitrogens with zero attached hydrogens (tertiary/aromatic N) is 2. The molecule has 1 heterocycles. The molecule has 6 nitrogen and oxygen atoms in total. The summed E-state index contributed by atoms with van der Waals surface area (Å²) >= 11 is 0. The van der Waals surface area contributed by atoms with Crippen LogP contribution in [0.1, 0.15) is 40.0 Å². The minimum atomic E-state index is 0.00788. The number of aliphatic imine (C=N–C) groups is 1. The molecule has 1 aromatic carbocycles. The van der Waals surface area contributed by atoms with E-state index in [1.54, 1.807) is 7.05 Å². The highest BCUT2D eigenvalue weighted by Crippen LogP contribution is 2.31. The first-order valence-electron chi connectivity index (χ1n) is 9.50. The Bertz CT molecular complexity index is 616. The zero-order valence-corrected chi connectivity index (χ0v) is 16.4. The fraction of sp³-hybridized carbons (Fsp3) is 0.600. The van der Waals surface area contributed by atoms with Crippen LogP contribution in [0.5, 0.6) is 5.75 Å². The van der Waals surface area contributed by atoms with Crippen LogP contribution in [0.15, 0.2) is 29.3 Å². The Morgan fingerprint density at radius 3 is 2.77 bits per heavy atom. The molecule has 2 N–H and O–H groups in total. The normalized spacial score (nSPS) is 15.5. The number of ether oxygens (including phenoxy) is 1. The number of fused-ring (bicyclic) bond motifs is 1. The molecule has 0 fully saturated rings. The highest BCUT2D eigenvalue weighted by Gasteiger charge is 2.24. The summed E-state index contributed by atoms with van der Waals surface area (Å²) < 4.78 is 5.48. The standard InChI is InChI=1S/C20H32N4O2/c1-15(2)10-11-16(3)23-20(21-4)22-12-7-13-24-17-8-5-6-9-18(17)26-14-19(24)25/h5-6,8-9,15-16H,7,10-14H2,1-4H3,(H2,21,22,23). The van der Waals surface area contributed by atoms with Gasteiger partial charge < -0.3 is 20.3 Å². The molecule has 0 saturated heterocycles. The van der Waals surface area contributed by atoms with E-state index in [2.05, 4.69) is 36.4 Å². The SMILES string of the molecule is CN=C(NCCCN1C(=O)COc2ccccc21)NC(C)CCC(C)C. The van der Waals surface area contributed by atoms with Crippen molar-refractivity contribution in [3.63, 3.8) is 0 Å². The van der Waals surface area contributed by atoms with E-state index in [0.717, 1.165) is 36.8 Å². The lowest BCUT2D eigenvalue weighted by atomic mass is 10.0. The maximum absolute atomic E-state index is 12.2. The number of hydrogen-bond acceptors (Lipinski definition) is 3. The number of carbonyl (C=O) groups is 1. The van der Waals surface area contributed by atoms with Crippen molar-refractivity contribution in [1.82, 2.24) is 10.6 Å². The molecule has 26 heavy (non-hydrogen) atoms. The Morgan fingerprint density at radius 1 is 1.27 bits per heavy atom. The van der Waals surface area contributed by atoms with Crippen molar-refractivity contribution in [2.75, 3.05) is 31.6 Å². The van der Waals surface area contributed by atoms with Crippen LogP contribution in [0.4, 0.5) is 5.69 Å². The van der Waals surface area contributed by atoms with E-state index in [4.69, 9.17) is 4.74 Å². The Kier molecular flexibility index (Phi) is 7.75. The molecule has 0 aromatic heterocycles. The van der Waals surface area contributed by atoms with Crippen LogP contribution in [-0.2, 0) is 4.79 Å². The van der Waals surface area contributed by atoms with E-state index in [1.807, 2.05) is 29.2 Å². The average molecular weight is 361 g/mol. The molecular weight excluding hydrogens is 328 g/mol. The number of hydrogen-bond donors (Lipinski definition) is 2. The van der Waals surface area contributed by atoms with Gasteiger partial charge in [0, 0.05) is 26.2 Å². The van der Waals surface area contributed by atoms with Gasteiger partial charge in [0.2, 0.25) is 0 Å². The summed E-state index contributed by atoms with van der Waals surface area (Å²) in [6.45, 7) is 8.19. The van der Waals surface area contributed by atoms with Crippen molar-refractivity contribution < 1.29 is 9.53 Å². The molecule has 1 aliphatic rings. The summed E-state index contributed by atoms with van der Waals surface area (Å²) in [7, 11) is 1.78. The molecule has 1 unspecified atom stereocenters. The minimum absolute atomic E-state index is 0.00788. The van der Waals surface area contributed by atoms with Gasteiger partial charge in [0.25, 0.3) is 5.91 Å². The molecule has 0 saturated carbocycles. The van der Waals surface area contributed by atoms with Crippen molar-refractivity contribution in [3.8, 4) is 5.75 Å². The predicted octanol–water partition coefficient (Wildman–Crippen LogP) is 2.79. The van der Waals surface area contributed by atoms with Gasteiger partial charge in [0.1, 0.15) is 5.75 Å². The molecule has 1 amide bonds. The third kappa shape index (κ3) is 5.93. The summed E-state index contributed by atoms with van der Waals surface area (Å²) in [4.78, 5) is 18.2. The van der Waals surface area contributed by atoms with Crippen molar-refractivity contribution in [2.24, 2.45) is 10.9 Å². The fourth-order valence-electron chi connectivity index (χ4n) is 2.93. The summed E-state index contributed by atoms with van der Waals surface area (Å²) in [6, 6.07) is 8.06. The third-order valence-electron chi connectivity index (χ3n) is 4.44. The van der Waals surface area contributed by atoms with Crippen molar-refractivity contribution in [2.45, 2.75) is 46.1 Å². The van der Waals surface area contributed by atoms with Crippen LogP contribution < -0.4 is 20.3 Å². The maximum atomic E-state index is 12.2. The van der Waals surface area contributed by atoms with Crippen LogP contribution in [0.3, 0.4) is 0 Å². The fourth-order valence-corrected chi connectivity index (χ4v) is 2.93. The van der Waals surface area contributed by atoms with E-state index in [-0.39, 0.29) is 12.5 Å². The van der Waals surface area contributed by atoms with Crippen molar-refractivity contribution in [1.29, 1.82) is 0 Å². The first kappa shape index (κ1) is 20.1. The second kappa shape index (κ2) is 10.0. The summed E-state index contributed by atoms with van der Waals surface area (Å²) in [5.74, 6) is 2.31. The highest BCUT2D eigenvalue weighted by atomic mass is 16.5. The number of para-hydroxylation sites is 2. The lowest BCUT2D eigenvalue weighted by Gasteiger charge is -2.29. The number of amides is 1. The topological polar surface area (TPSA) is 66.0 Å². The Hall–Kier alpha value is -2.24. The molecule has 144 valence electrons. The summed E-state index contributed by atoms with van der Waals surface area (Å²) in [5.41, 5.74) is 0.855. The molecule has 0 aliphatic carbocycles. The van der Waals surface area contributed by atoms with Gasteiger partial charge in [0.15, 0.2) is 12.6 Å². The monoisotopic (exact) mass is 360 g/mol. The van der Waals surface area contributed by atoms with Crippen LogP contribution in [0.2, 0.25) is 0 Å². The molecule has 2 rings (SSSR count). The minimum Gasteiger partial charge on any atom is -0.482 e. The number of carbonyl (C=O) groups excluding carboxylic acids is 1. The first-order chi connectivity index (χ1) is 12.5. The van der Waals surface area contributed by atoms with Gasteiger partial charge in [-0.15, -0.1) is 0 Å². The molecule has 1 aliphatic heterocycles. The van der Waals surface area contributed by atoms with E-state index in [1.165, 1.54) is 6.42 Å². The number of benzene rings is 1. The molecule has 0 radical (unpaired) electrons.